The molecule has 1 amide bonds. The molecule has 1 aromatic carbocycles. The van der Waals surface area contributed by atoms with Gasteiger partial charge >= 0.3 is 5.97 Å². The van der Waals surface area contributed by atoms with Gasteiger partial charge in [0.15, 0.2) is 5.13 Å². The number of methoxy groups -OCH3 is 1. The number of rotatable bonds is 5. The molecule has 130 valence electrons. The van der Waals surface area contributed by atoms with Gasteiger partial charge in [-0.2, -0.15) is 0 Å². The van der Waals surface area contributed by atoms with Crippen LogP contribution in [0.5, 0.6) is 0 Å². The monoisotopic (exact) mass is 379 g/mol. The first-order valence-corrected chi connectivity index (χ1v) is 8.91. The first-order chi connectivity index (χ1) is 12.0. The summed E-state index contributed by atoms with van der Waals surface area (Å²) in [5.74, 6) is -1.21. The van der Waals surface area contributed by atoms with Crippen LogP contribution in [0, 0.1) is 5.82 Å². The molecule has 2 heterocycles. The average Bonchev–Trinajstić information content (AvgIpc) is 3.21. The van der Waals surface area contributed by atoms with Crippen molar-refractivity contribution in [2.45, 2.75) is 0 Å². The summed E-state index contributed by atoms with van der Waals surface area (Å²) in [6.07, 6.45) is 0. The quantitative estimate of drug-likeness (QED) is 0.689. The van der Waals surface area contributed by atoms with Gasteiger partial charge in [-0.15, -0.1) is 11.3 Å². The largest absolute Gasteiger partial charge is 0.465 e. The Kier molecular flexibility index (Phi) is 4.95. The minimum Gasteiger partial charge on any atom is -0.465 e. The molecular formula is C16H14FN3O3S2. The van der Waals surface area contributed by atoms with E-state index in [2.05, 4.69) is 15.0 Å². The van der Waals surface area contributed by atoms with Crippen LogP contribution in [-0.4, -0.2) is 37.6 Å². The van der Waals surface area contributed by atoms with Gasteiger partial charge in [0.2, 0.25) is 5.91 Å². The zero-order valence-electron chi connectivity index (χ0n) is 13.4. The van der Waals surface area contributed by atoms with E-state index in [1.54, 1.807) is 35.5 Å². The number of para-hydroxylation sites is 1. The summed E-state index contributed by atoms with van der Waals surface area (Å²) in [7, 11) is 2.98. The minimum absolute atomic E-state index is 0.0138. The van der Waals surface area contributed by atoms with Crippen molar-refractivity contribution < 1.29 is 18.7 Å². The fourth-order valence-corrected chi connectivity index (χ4v) is 3.92. The summed E-state index contributed by atoms with van der Waals surface area (Å²) in [6, 6.07) is 6.34. The van der Waals surface area contributed by atoms with Crippen LogP contribution in [0.2, 0.25) is 0 Å². The Labute approximate surface area is 150 Å². The van der Waals surface area contributed by atoms with Gasteiger partial charge in [-0.1, -0.05) is 17.4 Å². The molecule has 6 nitrogen and oxygen atoms in total. The van der Waals surface area contributed by atoms with Crippen molar-refractivity contribution >= 4 is 54.9 Å². The van der Waals surface area contributed by atoms with Crippen molar-refractivity contribution in [1.82, 2.24) is 4.98 Å². The van der Waals surface area contributed by atoms with Gasteiger partial charge in [-0.25, -0.2) is 14.2 Å². The number of ether oxygens (including phenoxy) is 1. The molecule has 0 unspecified atom stereocenters. The van der Waals surface area contributed by atoms with Crippen molar-refractivity contribution in [3.05, 3.63) is 41.0 Å². The smallest absolute Gasteiger partial charge is 0.340 e. The number of carbonyl (C=O) groups excluding carboxylic acids is 2. The van der Waals surface area contributed by atoms with Gasteiger partial charge in [-0.05, 0) is 23.6 Å². The van der Waals surface area contributed by atoms with Crippen molar-refractivity contribution in [3.63, 3.8) is 0 Å². The summed E-state index contributed by atoms with van der Waals surface area (Å²) in [6.45, 7) is 0.0138. The number of benzene rings is 1. The third-order valence-corrected chi connectivity index (χ3v) is 5.35. The van der Waals surface area contributed by atoms with E-state index in [-0.39, 0.29) is 18.3 Å². The summed E-state index contributed by atoms with van der Waals surface area (Å²) in [5, 5.41) is 5.36. The number of nitrogens with one attached hydrogen (secondary N) is 1. The number of aromatic nitrogens is 1. The van der Waals surface area contributed by atoms with Gasteiger partial charge in [0.05, 0.1) is 23.9 Å². The third kappa shape index (κ3) is 3.62. The summed E-state index contributed by atoms with van der Waals surface area (Å²) < 4.78 is 19.1. The van der Waals surface area contributed by atoms with E-state index in [1.165, 1.54) is 35.8 Å². The van der Waals surface area contributed by atoms with Crippen LogP contribution in [-0.2, 0) is 9.53 Å². The number of nitrogens with zero attached hydrogens (tertiary/aromatic N) is 2. The summed E-state index contributed by atoms with van der Waals surface area (Å²) in [5.41, 5.74) is 0.603. The number of likely N-dealkylation sites (N-methyl/N-ethyl adjacent to an activating group) is 1. The van der Waals surface area contributed by atoms with Crippen LogP contribution in [0.15, 0.2) is 29.6 Å². The van der Waals surface area contributed by atoms with E-state index < -0.39 is 5.97 Å². The van der Waals surface area contributed by atoms with Crippen LogP contribution < -0.4 is 10.2 Å². The molecule has 2 aromatic heterocycles. The van der Waals surface area contributed by atoms with E-state index >= 15 is 0 Å². The Bertz CT molecular complexity index is 938. The average molecular weight is 379 g/mol. The Balaban J connectivity index is 1.71. The Morgan fingerprint density at radius 3 is 2.88 bits per heavy atom. The van der Waals surface area contributed by atoms with E-state index in [0.717, 1.165) is 0 Å². The predicted molar refractivity (Wildman–Crippen MR) is 97.1 cm³/mol. The lowest BCUT2D eigenvalue weighted by Crippen LogP contribution is -2.30. The second kappa shape index (κ2) is 7.16. The van der Waals surface area contributed by atoms with Gasteiger partial charge in [0.1, 0.15) is 16.3 Å². The normalized spacial score (nSPS) is 10.7. The van der Waals surface area contributed by atoms with E-state index in [1.807, 2.05) is 0 Å². The predicted octanol–water partition coefficient (Wildman–Crippen LogP) is 3.36. The summed E-state index contributed by atoms with van der Waals surface area (Å²) >= 11 is 2.54. The van der Waals surface area contributed by atoms with Crippen molar-refractivity contribution in [3.8, 4) is 0 Å². The lowest BCUT2D eigenvalue weighted by molar-refractivity contribution is -0.114. The topological polar surface area (TPSA) is 71.5 Å². The number of hydrogen-bond donors (Lipinski definition) is 1. The standard InChI is InChI=1S/C16H14FN3O3S2/c1-20(16-19-13-10(17)4-3-5-11(13)25-16)8-12(21)18-14-9(6-7-24-14)15(22)23-2/h3-7H,8H2,1-2H3,(H,18,21). The lowest BCUT2D eigenvalue weighted by atomic mass is 10.3. The molecule has 0 saturated carbocycles. The number of esters is 1. The number of fused-ring (bicyclic) bond motifs is 1. The number of amides is 1. The molecule has 3 aromatic rings. The zero-order chi connectivity index (χ0) is 18.0. The molecule has 1 N–H and O–H groups in total. The molecule has 3 rings (SSSR count). The fraction of sp³-hybridized carbons (Fsp3) is 0.188. The van der Waals surface area contributed by atoms with Crippen molar-refractivity contribution in [2.24, 2.45) is 0 Å². The highest BCUT2D eigenvalue weighted by Gasteiger charge is 2.18. The molecule has 0 atom stereocenters. The molecule has 0 saturated heterocycles. The Morgan fingerprint density at radius 1 is 1.36 bits per heavy atom. The third-order valence-electron chi connectivity index (χ3n) is 3.39. The molecular weight excluding hydrogens is 365 g/mol. The Hall–Kier alpha value is -2.52. The fourth-order valence-electron chi connectivity index (χ4n) is 2.19. The first kappa shape index (κ1) is 17.3. The van der Waals surface area contributed by atoms with Gasteiger partial charge in [0, 0.05) is 7.05 Å². The number of anilines is 2. The van der Waals surface area contributed by atoms with E-state index in [9.17, 15) is 14.0 Å². The van der Waals surface area contributed by atoms with Gasteiger partial charge < -0.3 is 15.0 Å². The highest BCUT2D eigenvalue weighted by Crippen LogP contribution is 2.29. The summed E-state index contributed by atoms with van der Waals surface area (Å²) in [4.78, 5) is 29.7. The number of thiophene rings is 1. The number of halogens is 1. The molecule has 25 heavy (non-hydrogen) atoms. The van der Waals surface area contributed by atoms with Crippen molar-refractivity contribution in [1.29, 1.82) is 0 Å². The number of carbonyl (C=O) groups is 2. The highest BCUT2D eigenvalue weighted by molar-refractivity contribution is 7.22. The number of thiazole rings is 1. The zero-order valence-corrected chi connectivity index (χ0v) is 15.0. The van der Waals surface area contributed by atoms with E-state index in [0.29, 0.717) is 25.9 Å². The van der Waals surface area contributed by atoms with Gasteiger partial charge in [0.25, 0.3) is 0 Å². The van der Waals surface area contributed by atoms with Crippen LogP contribution in [0.1, 0.15) is 10.4 Å². The van der Waals surface area contributed by atoms with Crippen LogP contribution in [0.25, 0.3) is 10.2 Å². The molecule has 9 heteroatoms. The van der Waals surface area contributed by atoms with E-state index in [4.69, 9.17) is 0 Å². The number of hydrogen-bond acceptors (Lipinski definition) is 7. The molecule has 0 aliphatic rings. The second-order valence-electron chi connectivity index (χ2n) is 5.14. The second-order valence-corrected chi connectivity index (χ2v) is 7.07. The maximum atomic E-state index is 13.7. The SMILES string of the molecule is COC(=O)c1ccsc1NC(=O)CN(C)c1nc2c(F)cccc2s1. The highest BCUT2D eigenvalue weighted by atomic mass is 32.1. The molecule has 0 aliphatic carbocycles. The molecule has 0 aliphatic heterocycles. The van der Waals surface area contributed by atoms with Crippen LogP contribution in [0.3, 0.4) is 0 Å². The molecule has 0 spiro atoms. The van der Waals surface area contributed by atoms with Gasteiger partial charge in [-0.3, -0.25) is 4.79 Å². The van der Waals surface area contributed by atoms with Crippen molar-refractivity contribution in [2.75, 3.05) is 30.9 Å². The molecule has 0 radical (unpaired) electrons. The first-order valence-electron chi connectivity index (χ1n) is 7.21. The maximum absolute atomic E-state index is 13.7. The Morgan fingerprint density at radius 2 is 2.16 bits per heavy atom. The molecule has 0 bridgehead atoms. The van der Waals surface area contributed by atoms with Crippen LogP contribution in [0.4, 0.5) is 14.5 Å². The van der Waals surface area contributed by atoms with Crippen LogP contribution >= 0.6 is 22.7 Å². The maximum Gasteiger partial charge on any atom is 0.340 e. The lowest BCUT2D eigenvalue weighted by Gasteiger charge is -2.15. The minimum atomic E-state index is -0.508. The molecule has 0 fully saturated rings.